The Hall–Kier alpha value is -4.71. The van der Waals surface area contributed by atoms with Crippen molar-refractivity contribution in [2.75, 3.05) is 12.4 Å². The van der Waals surface area contributed by atoms with Gasteiger partial charge in [-0.15, -0.1) is 10.2 Å². The number of ether oxygens (including phenoxy) is 1. The molecule has 0 spiro atoms. The van der Waals surface area contributed by atoms with Crippen LogP contribution in [-0.2, 0) is 13.6 Å². The van der Waals surface area contributed by atoms with Crippen LogP contribution in [0.15, 0.2) is 73.1 Å². The number of methoxy groups -OCH3 is 1. The number of anilines is 1. The lowest BCUT2D eigenvalue weighted by atomic mass is 10.1. The van der Waals surface area contributed by atoms with E-state index < -0.39 is 6.04 Å². The smallest absolute Gasteiger partial charge is 0.252 e. The number of aromatic nitrogens is 4. The van der Waals surface area contributed by atoms with Crippen LogP contribution in [-0.4, -0.2) is 32.8 Å². The number of hydrogen-bond donors (Lipinski definition) is 2. The Morgan fingerprint density at radius 1 is 1.12 bits per heavy atom. The third kappa shape index (κ3) is 4.86. The van der Waals surface area contributed by atoms with Gasteiger partial charge in [-0.25, -0.2) is 0 Å². The van der Waals surface area contributed by atoms with Crippen molar-refractivity contribution < 1.29 is 9.53 Å². The van der Waals surface area contributed by atoms with Gasteiger partial charge in [0.2, 0.25) is 0 Å². The molecule has 2 aromatic carbocycles. The lowest BCUT2D eigenvalue weighted by Crippen LogP contribution is -2.28. The van der Waals surface area contributed by atoms with Crippen molar-refractivity contribution in [2.24, 2.45) is 7.05 Å². The van der Waals surface area contributed by atoms with E-state index in [2.05, 4.69) is 31.9 Å². The van der Waals surface area contributed by atoms with E-state index in [4.69, 9.17) is 4.74 Å². The highest BCUT2D eigenvalue weighted by Crippen LogP contribution is 2.25. The fourth-order valence-corrected chi connectivity index (χ4v) is 3.52. The van der Waals surface area contributed by atoms with Gasteiger partial charge in [0.25, 0.3) is 5.91 Å². The fraction of sp³-hybridized carbons (Fsp3) is 0.160. The van der Waals surface area contributed by atoms with Crippen LogP contribution in [0.5, 0.6) is 5.75 Å². The van der Waals surface area contributed by atoms with Crippen LogP contribution in [0.1, 0.15) is 27.8 Å². The second kappa shape index (κ2) is 10.3. The van der Waals surface area contributed by atoms with Gasteiger partial charge in [-0.1, -0.05) is 24.3 Å². The van der Waals surface area contributed by atoms with Gasteiger partial charge >= 0.3 is 0 Å². The van der Waals surface area contributed by atoms with Crippen LogP contribution < -0.4 is 15.4 Å². The minimum Gasteiger partial charge on any atom is -0.496 e. The molecule has 4 aromatic rings. The van der Waals surface area contributed by atoms with E-state index in [1.165, 1.54) is 7.11 Å². The molecule has 170 valence electrons. The number of amides is 1. The summed E-state index contributed by atoms with van der Waals surface area (Å²) in [4.78, 5) is 16.9. The molecule has 2 heterocycles. The number of carbonyl (C=O) groups is 1. The molecular formula is C25H23N7O2. The number of pyridine rings is 1. The zero-order valence-corrected chi connectivity index (χ0v) is 18.8. The predicted molar refractivity (Wildman–Crippen MR) is 127 cm³/mol. The maximum atomic E-state index is 12.9. The zero-order valence-electron chi connectivity index (χ0n) is 18.8. The maximum absolute atomic E-state index is 12.9. The van der Waals surface area contributed by atoms with E-state index in [9.17, 15) is 10.1 Å². The van der Waals surface area contributed by atoms with Crippen LogP contribution in [0.2, 0.25) is 0 Å². The van der Waals surface area contributed by atoms with Crippen molar-refractivity contribution in [3.05, 3.63) is 90.0 Å². The Labute approximate surface area is 197 Å². The van der Waals surface area contributed by atoms with Crippen LogP contribution in [0.3, 0.4) is 0 Å². The number of nitrogens with one attached hydrogen (secondary N) is 2. The van der Waals surface area contributed by atoms with E-state index in [1.807, 2.05) is 35.9 Å². The van der Waals surface area contributed by atoms with Crippen LogP contribution in [0.4, 0.5) is 5.69 Å². The van der Waals surface area contributed by atoms with Crippen molar-refractivity contribution in [3.63, 3.8) is 0 Å². The molecule has 0 aliphatic carbocycles. The van der Waals surface area contributed by atoms with Gasteiger partial charge in [-0.2, -0.15) is 5.26 Å². The summed E-state index contributed by atoms with van der Waals surface area (Å²) in [5.41, 5.74) is 2.70. The number of benzene rings is 2. The lowest BCUT2D eigenvalue weighted by molar-refractivity contribution is 0.0945. The van der Waals surface area contributed by atoms with Crippen molar-refractivity contribution in [1.29, 1.82) is 5.26 Å². The lowest BCUT2D eigenvalue weighted by Gasteiger charge is -2.15. The monoisotopic (exact) mass is 453 g/mol. The summed E-state index contributed by atoms with van der Waals surface area (Å²) in [6.07, 6.45) is 3.42. The third-order valence-corrected chi connectivity index (χ3v) is 5.33. The Bertz CT molecular complexity index is 1330. The average Bonchev–Trinajstić information content (AvgIpc) is 3.26. The molecule has 0 unspecified atom stereocenters. The van der Waals surface area contributed by atoms with Crippen molar-refractivity contribution in [1.82, 2.24) is 25.1 Å². The largest absolute Gasteiger partial charge is 0.496 e. The number of para-hydroxylation sites is 1. The zero-order chi connectivity index (χ0) is 23.9. The van der Waals surface area contributed by atoms with Gasteiger partial charge in [-0.3, -0.25) is 9.78 Å². The molecule has 0 radical (unpaired) electrons. The summed E-state index contributed by atoms with van der Waals surface area (Å²) in [5, 5.41) is 24.2. The summed E-state index contributed by atoms with van der Waals surface area (Å²) in [7, 11) is 3.43. The van der Waals surface area contributed by atoms with Crippen LogP contribution >= 0.6 is 0 Å². The molecule has 2 N–H and O–H groups in total. The molecular weight excluding hydrogens is 430 g/mol. The van der Waals surface area contributed by atoms with E-state index in [0.29, 0.717) is 23.4 Å². The minimum absolute atomic E-state index is 0.361. The molecule has 0 bridgehead atoms. The highest BCUT2D eigenvalue weighted by atomic mass is 16.5. The molecule has 34 heavy (non-hydrogen) atoms. The molecule has 9 heteroatoms. The normalized spacial score (nSPS) is 11.3. The van der Waals surface area contributed by atoms with Gasteiger partial charge in [-0.05, 0) is 36.4 Å². The van der Waals surface area contributed by atoms with Gasteiger partial charge in [0.1, 0.15) is 11.8 Å². The van der Waals surface area contributed by atoms with E-state index in [1.54, 1.807) is 48.8 Å². The highest BCUT2D eigenvalue weighted by molar-refractivity contribution is 5.95. The second-order valence-corrected chi connectivity index (χ2v) is 7.45. The van der Waals surface area contributed by atoms with Crippen molar-refractivity contribution in [3.8, 4) is 23.2 Å². The Morgan fingerprint density at radius 2 is 1.91 bits per heavy atom. The van der Waals surface area contributed by atoms with Crippen LogP contribution in [0, 0.1) is 11.3 Å². The summed E-state index contributed by atoms with van der Waals surface area (Å²) in [6.45, 7) is 0.418. The first-order valence-corrected chi connectivity index (χ1v) is 10.6. The van der Waals surface area contributed by atoms with Crippen molar-refractivity contribution in [2.45, 2.75) is 12.6 Å². The topological polar surface area (TPSA) is 118 Å². The van der Waals surface area contributed by atoms with E-state index in [-0.39, 0.29) is 5.91 Å². The molecule has 0 fully saturated rings. The van der Waals surface area contributed by atoms with Gasteiger partial charge < -0.3 is 19.9 Å². The number of rotatable bonds is 8. The number of hydrogen-bond acceptors (Lipinski definition) is 7. The quantitative estimate of drug-likeness (QED) is 0.419. The van der Waals surface area contributed by atoms with Crippen molar-refractivity contribution >= 4 is 11.6 Å². The summed E-state index contributed by atoms with van der Waals surface area (Å²) < 4.78 is 7.23. The Balaban J connectivity index is 1.45. The predicted octanol–water partition coefficient (Wildman–Crippen LogP) is 3.49. The Kier molecular flexibility index (Phi) is 6.79. The highest BCUT2D eigenvalue weighted by Gasteiger charge is 2.19. The van der Waals surface area contributed by atoms with Gasteiger partial charge in [0.05, 0.1) is 19.7 Å². The average molecular weight is 454 g/mol. The molecule has 2 aromatic heterocycles. The molecule has 1 atom stereocenters. The Morgan fingerprint density at radius 3 is 2.68 bits per heavy atom. The first-order valence-electron chi connectivity index (χ1n) is 10.6. The van der Waals surface area contributed by atoms with Gasteiger partial charge in [0.15, 0.2) is 11.6 Å². The van der Waals surface area contributed by atoms with E-state index >= 15 is 0 Å². The first kappa shape index (κ1) is 22.5. The summed E-state index contributed by atoms with van der Waals surface area (Å²) >= 11 is 0. The number of nitrogens with zero attached hydrogens (tertiary/aromatic N) is 5. The van der Waals surface area contributed by atoms with Crippen LogP contribution in [0.25, 0.3) is 11.4 Å². The SMILES string of the molecule is COc1ccccc1[C@@H](C#N)NC(=O)c1cccc(NCc2nnc(-c3ccncc3)n2C)c1. The molecule has 0 saturated heterocycles. The van der Waals surface area contributed by atoms with Gasteiger partial charge in [0, 0.05) is 41.8 Å². The molecule has 4 rings (SSSR count). The molecule has 0 aliphatic heterocycles. The molecule has 1 amide bonds. The summed E-state index contributed by atoms with van der Waals surface area (Å²) in [6, 6.07) is 19.2. The maximum Gasteiger partial charge on any atom is 0.252 e. The number of carbonyl (C=O) groups excluding carboxylic acids is 1. The molecule has 9 nitrogen and oxygen atoms in total. The number of nitriles is 1. The second-order valence-electron chi connectivity index (χ2n) is 7.45. The summed E-state index contributed by atoms with van der Waals surface area (Å²) in [5.74, 6) is 1.66. The fourth-order valence-electron chi connectivity index (χ4n) is 3.52. The minimum atomic E-state index is -0.842. The first-order chi connectivity index (χ1) is 16.6. The third-order valence-electron chi connectivity index (χ3n) is 5.33. The molecule has 0 aliphatic rings. The molecule has 0 saturated carbocycles. The standard InChI is InChI=1S/C25H23N7O2/c1-32-23(30-31-24(32)17-10-12-27-13-11-17)16-28-19-7-5-6-18(14-19)25(33)29-21(15-26)20-8-3-4-9-22(20)34-2/h3-14,21,28H,16H2,1-2H3,(H,29,33)/t21-/m1/s1. The van der Waals surface area contributed by atoms with E-state index in [0.717, 1.165) is 22.9 Å².